The fraction of sp³-hybridized carbons (Fsp3) is 0.385. The predicted molar refractivity (Wildman–Crippen MR) is 78.9 cm³/mol. The quantitative estimate of drug-likeness (QED) is 0.706. The zero-order chi connectivity index (χ0) is 13.3. The van der Waals surface area contributed by atoms with Gasteiger partial charge in [-0.15, -0.1) is 0 Å². The molecule has 1 aromatic carbocycles. The van der Waals surface area contributed by atoms with E-state index in [0.717, 1.165) is 3.57 Å². The first-order chi connectivity index (χ1) is 8.49. The van der Waals surface area contributed by atoms with Crippen LogP contribution in [0, 0.1) is 9.49 Å². The van der Waals surface area contributed by atoms with Crippen molar-refractivity contribution in [3.63, 3.8) is 0 Å². The number of hydrogen-bond donors (Lipinski definition) is 0. The zero-order valence-corrected chi connectivity index (χ0v) is 12.9. The number of amides is 1. The minimum absolute atomic E-state index is 0.0485. The molecule has 1 heterocycles. The van der Waals surface area contributed by atoms with Crippen LogP contribution in [-0.4, -0.2) is 29.7 Å². The van der Waals surface area contributed by atoms with Crippen molar-refractivity contribution in [2.24, 2.45) is 5.92 Å². The normalized spacial score (nSPS) is 20.1. The van der Waals surface area contributed by atoms with Gasteiger partial charge in [-0.05, 0) is 40.8 Å². The van der Waals surface area contributed by atoms with Crippen molar-refractivity contribution >= 4 is 45.9 Å². The second-order valence-electron chi connectivity index (χ2n) is 4.50. The molecule has 1 aromatic rings. The highest BCUT2D eigenvalue weighted by atomic mass is 127. The molecule has 1 saturated heterocycles. The zero-order valence-electron chi connectivity index (χ0n) is 9.95. The first-order valence-corrected chi connectivity index (χ1v) is 7.21. The number of ketones is 1. The Morgan fingerprint density at radius 3 is 2.83 bits per heavy atom. The highest BCUT2D eigenvalue weighted by Crippen LogP contribution is 2.22. The van der Waals surface area contributed by atoms with E-state index in [0.29, 0.717) is 30.1 Å². The van der Waals surface area contributed by atoms with Gasteiger partial charge in [0, 0.05) is 34.6 Å². The second-order valence-corrected chi connectivity index (χ2v) is 6.07. The molecule has 1 atom stereocenters. The third-order valence-electron chi connectivity index (χ3n) is 3.13. The van der Waals surface area contributed by atoms with Gasteiger partial charge in [-0.25, -0.2) is 0 Å². The standard InChI is InChI=1S/C13H13ClINO2/c1-8-7-16(5-4-12(8)17)13(18)9-2-3-11(15)10(14)6-9/h2-3,6,8H,4-5,7H2,1H3. The van der Waals surface area contributed by atoms with Crippen molar-refractivity contribution in [1.29, 1.82) is 0 Å². The van der Waals surface area contributed by atoms with E-state index in [4.69, 9.17) is 11.6 Å². The lowest BCUT2D eigenvalue weighted by Gasteiger charge is -2.30. The molecule has 1 unspecified atom stereocenters. The van der Waals surface area contributed by atoms with Crippen molar-refractivity contribution in [3.05, 3.63) is 32.4 Å². The lowest BCUT2D eigenvalue weighted by Crippen LogP contribution is -2.43. The average Bonchev–Trinajstić information content (AvgIpc) is 2.35. The van der Waals surface area contributed by atoms with Gasteiger partial charge in [0.1, 0.15) is 5.78 Å². The predicted octanol–water partition coefficient (Wildman–Crippen LogP) is 3.00. The van der Waals surface area contributed by atoms with Crippen molar-refractivity contribution in [3.8, 4) is 0 Å². The van der Waals surface area contributed by atoms with Crippen molar-refractivity contribution in [2.45, 2.75) is 13.3 Å². The number of carbonyl (C=O) groups is 2. The summed E-state index contributed by atoms with van der Waals surface area (Å²) in [6.45, 7) is 2.87. The van der Waals surface area contributed by atoms with Gasteiger partial charge in [0.2, 0.25) is 0 Å². The van der Waals surface area contributed by atoms with Gasteiger partial charge in [0.25, 0.3) is 5.91 Å². The molecule has 5 heteroatoms. The number of benzene rings is 1. The van der Waals surface area contributed by atoms with Crippen LogP contribution >= 0.6 is 34.2 Å². The van der Waals surface area contributed by atoms with Gasteiger partial charge in [0.05, 0.1) is 5.02 Å². The molecule has 18 heavy (non-hydrogen) atoms. The SMILES string of the molecule is CC1CN(C(=O)c2ccc(I)c(Cl)c2)CCC1=O. The van der Waals surface area contributed by atoms with Gasteiger partial charge in [-0.2, -0.15) is 0 Å². The Morgan fingerprint density at radius 1 is 1.50 bits per heavy atom. The van der Waals surface area contributed by atoms with Crippen LogP contribution in [0.2, 0.25) is 5.02 Å². The number of Topliss-reactive ketones (excluding diaryl/α,β-unsaturated/α-hetero) is 1. The van der Waals surface area contributed by atoms with Crippen LogP contribution in [0.3, 0.4) is 0 Å². The van der Waals surface area contributed by atoms with Crippen LogP contribution in [0.15, 0.2) is 18.2 Å². The monoisotopic (exact) mass is 377 g/mol. The van der Waals surface area contributed by atoms with E-state index in [1.807, 2.05) is 13.0 Å². The maximum absolute atomic E-state index is 12.3. The second kappa shape index (κ2) is 5.57. The molecular weight excluding hydrogens is 365 g/mol. The first-order valence-electron chi connectivity index (χ1n) is 5.76. The van der Waals surface area contributed by atoms with E-state index in [-0.39, 0.29) is 17.6 Å². The minimum atomic E-state index is -0.0676. The smallest absolute Gasteiger partial charge is 0.253 e. The summed E-state index contributed by atoms with van der Waals surface area (Å²) in [5.74, 6) is 0.120. The fourth-order valence-corrected chi connectivity index (χ4v) is 2.53. The molecule has 1 aliphatic heterocycles. The lowest BCUT2D eigenvalue weighted by atomic mass is 9.98. The van der Waals surface area contributed by atoms with E-state index in [2.05, 4.69) is 22.6 Å². The molecule has 1 fully saturated rings. The Labute approximate surface area is 125 Å². The van der Waals surface area contributed by atoms with Crippen LogP contribution in [0.5, 0.6) is 0 Å². The number of piperidine rings is 1. The average molecular weight is 378 g/mol. The Hall–Kier alpha value is -0.620. The minimum Gasteiger partial charge on any atom is -0.337 e. The third-order valence-corrected chi connectivity index (χ3v) is 4.70. The molecular formula is C13H13ClINO2. The molecule has 0 spiro atoms. The van der Waals surface area contributed by atoms with Crippen LogP contribution < -0.4 is 0 Å². The maximum atomic E-state index is 12.3. The summed E-state index contributed by atoms with van der Waals surface area (Å²) in [5.41, 5.74) is 0.585. The highest BCUT2D eigenvalue weighted by Gasteiger charge is 2.27. The number of hydrogen-bond acceptors (Lipinski definition) is 2. The molecule has 0 N–H and O–H groups in total. The van der Waals surface area contributed by atoms with E-state index in [1.165, 1.54) is 0 Å². The molecule has 0 saturated carbocycles. The molecule has 2 rings (SSSR count). The van der Waals surface area contributed by atoms with E-state index in [1.54, 1.807) is 17.0 Å². The molecule has 0 radical (unpaired) electrons. The number of halogens is 2. The van der Waals surface area contributed by atoms with Crippen LogP contribution in [-0.2, 0) is 4.79 Å². The van der Waals surface area contributed by atoms with Gasteiger partial charge in [0.15, 0.2) is 0 Å². The summed E-state index contributed by atoms with van der Waals surface area (Å²) in [7, 11) is 0. The van der Waals surface area contributed by atoms with Crippen molar-refractivity contribution < 1.29 is 9.59 Å². The Morgan fingerprint density at radius 2 is 2.22 bits per heavy atom. The van der Waals surface area contributed by atoms with Crippen LogP contribution in [0.4, 0.5) is 0 Å². The molecule has 1 aliphatic rings. The van der Waals surface area contributed by atoms with Gasteiger partial charge in [-0.3, -0.25) is 9.59 Å². The summed E-state index contributed by atoms with van der Waals surface area (Å²) in [4.78, 5) is 25.4. The van der Waals surface area contributed by atoms with Gasteiger partial charge < -0.3 is 4.90 Å². The number of likely N-dealkylation sites (tertiary alicyclic amines) is 1. The molecule has 96 valence electrons. The Bertz CT molecular complexity index is 504. The molecule has 0 aromatic heterocycles. The summed E-state index contributed by atoms with van der Waals surface area (Å²) in [6.07, 6.45) is 0.449. The van der Waals surface area contributed by atoms with Crippen LogP contribution in [0.25, 0.3) is 0 Å². The van der Waals surface area contributed by atoms with E-state index in [9.17, 15) is 9.59 Å². The summed E-state index contributed by atoms with van der Waals surface area (Å²) in [6, 6.07) is 5.29. The maximum Gasteiger partial charge on any atom is 0.253 e. The number of rotatable bonds is 1. The topological polar surface area (TPSA) is 37.4 Å². The molecule has 0 bridgehead atoms. The number of carbonyl (C=O) groups excluding carboxylic acids is 2. The Kier molecular flexibility index (Phi) is 4.27. The van der Waals surface area contributed by atoms with Crippen LogP contribution in [0.1, 0.15) is 23.7 Å². The largest absolute Gasteiger partial charge is 0.337 e. The summed E-state index contributed by atoms with van der Waals surface area (Å²) in [5, 5.41) is 0.586. The lowest BCUT2D eigenvalue weighted by molar-refractivity contribution is -0.124. The summed E-state index contributed by atoms with van der Waals surface area (Å²) < 4.78 is 0.924. The van der Waals surface area contributed by atoms with Crippen molar-refractivity contribution in [1.82, 2.24) is 4.90 Å². The van der Waals surface area contributed by atoms with E-state index >= 15 is 0 Å². The Balaban J connectivity index is 2.16. The van der Waals surface area contributed by atoms with Crippen molar-refractivity contribution in [2.75, 3.05) is 13.1 Å². The first kappa shape index (κ1) is 13.8. The fourth-order valence-electron chi connectivity index (χ4n) is 2.01. The van der Waals surface area contributed by atoms with E-state index < -0.39 is 0 Å². The van der Waals surface area contributed by atoms with Gasteiger partial charge >= 0.3 is 0 Å². The third kappa shape index (κ3) is 2.85. The number of nitrogens with zero attached hydrogens (tertiary/aromatic N) is 1. The van der Waals surface area contributed by atoms with Gasteiger partial charge in [-0.1, -0.05) is 18.5 Å². The highest BCUT2D eigenvalue weighted by molar-refractivity contribution is 14.1. The summed E-state index contributed by atoms with van der Waals surface area (Å²) >= 11 is 8.14. The molecule has 0 aliphatic carbocycles. The molecule has 1 amide bonds. The molecule has 3 nitrogen and oxygen atoms in total.